The number of para-hydroxylation sites is 1. The minimum absolute atomic E-state index is 0.0629. The number of ether oxygens (including phenoxy) is 1. The Labute approximate surface area is 140 Å². The molecule has 3 rings (SSSR count). The van der Waals surface area contributed by atoms with Gasteiger partial charge in [0.05, 0.1) is 12.5 Å². The summed E-state index contributed by atoms with van der Waals surface area (Å²) in [4.78, 5) is 13.0. The van der Waals surface area contributed by atoms with E-state index in [9.17, 15) is 9.90 Å². The van der Waals surface area contributed by atoms with Gasteiger partial charge in [0.2, 0.25) is 5.43 Å². The van der Waals surface area contributed by atoms with Gasteiger partial charge in [-0.15, -0.1) is 0 Å². The summed E-state index contributed by atoms with van der Waals surface area (Å²) in [6, 6.07) is 6.95. The molecule has 3 aromatic rings. The van der Waals surface area contributed by atoms with Crippen molar-refractivity contribution in [3.63, 3.8) is 0 Å². The van der Waals surface area contributed by atoms with Crippen LogP contribution in [-0.4, -0.2) is 12.2 Å². The molecule has 1 heterocycles. The van der Waals surface area contributed by atoms with Gasteiger partial charge in [-0.3, -0.25) is 4.79 Å². The Morgan fingerprint density at radius 2 is 2.04 bits per heavy atom. The van der Waals surface area contributed by atoms with Crippen LogP contribution in [0.3, 0.4) is 0 Å². The summed E-state index contributed by atoms with van der Waals surface area (Å²) in [5.41, 5.74) is 3.37. The number of benzene rings is 2. The summed E-state index contributed by atoms with van der Waals surface area (Å²) in [5, 5.41) is 11.3. The highest BCUT2D eigenvalue weighted by molar-refractivity contribution is 5.96. The maximum atomic E-state index is 13.0. The molecule has 0 aliphatic carbocycles. The Bertz CT molecular complexity index is 1020. The van der Waals surface area contributed by atoms with Crippen LogP contribution in [0.25, 0.3) is 21.9 Å². The van der Waals surface area contributed by atoms with E-state index in [1.165, 1.54) is 13.2 Å². The van der Waals surface area contributed by atoms with Gasteiger partial charge < -0.3 is 14.3 Å². The lowest BCUT2D eigenvalue weighted by Gasteiger charge is -2.12. The number of allylic oxidation sites excluding steroid dienone is 2. The largest absolute Gasteiger partial charge is 0.507 e. The van der Waals surface area contributed by atoms with Crippen molar-refractivity contribution in [3.05, 3.63) is 57.3 Å². The third-order valence-electron chi connectivity index (χ3n) is 4.15. The molecule has 0 atom stereocenters. The predicted octanol–water partition coefficient (Wildman–Crippen LogP) is 4.48. The Morgan fingerprint density at radius 1 is 1.29 bits per heavy atom. The zero-order valence-electron chi connectivity index (χ0n) is 14.3. The molecule has 0 saturated carbocycles. The van der Waals surface area contributed by atoms with E-state index in [2.05, 4.69) is 0 Å². The molecule has 24 heavy (non-hydrogen) atoms. The fraction of sp³-hybridized carbons (Fsp3) is 0.250. The summed E-state index contributed by atoms with van der Waals surface area (Å²) in [6.45, 7) is 5.86. The number of methoxy groups -OCH3 is 1. The van der Waals surface area contributed by atoms with Crippen LogP contribution < -0.4 is 10.2 Å². The molecule has 0 radical (unpaired) electrons. The minimum Gasteiger partial charge on any atom is -0.507 e. The molecule has 0 saturated heterocycles. The first kappa shape index (κ1) is 16.1. The van der Waals surface area contributed by atoms with Gasteiger partial charge in [-0.25, -0.2) is 0 Å². The van der Waals surface area contributed by atoms with Gasteiger partial charge in [0.15, 0.2) is 0 Å². The molecule has 124 valence electrons. The Kier molecular flexibility index (Phi) is 4.06. The maximum Gasteiger partial charge on any atom is 0.204 e. The summed E-state index contributed by atoms with van der Waals surface area (Å²) in [5.74, 6) is 0.383. The first-order chi connectivity index (χ1) is 11.4. The number of phenols is 1. The highest BCUT2D eigenvalue weighted by Crippen LogP contribution is 2.36. The van der Waals surface area contributed by atoms with E-state index in [1.807, 2.05) is 39.0 Å². The number of rotatable bonds is 3. The monoisotopic (exact) mass is 324 g/mol. The Hall–Kier alpha value is -2.75. The van der Waals surface area contributed by atoms with Crippen LogP contribution in [0.15, 0.2) is 45.1 Å². The number of phenolic OH excluding ortho intramolecular Hbond substituents is 1. The number of hydrogen-bond donors (Lipinski definition) is 1. The predicted molar refractivity (Wildman–Crippen MR) is 96.1 cm³/mol. The first-order valence-electron chi connectivity index (χ1n) is 7.82. The molecular weight excluding hydrogens is 304 g/mol. The van der Waals surface area contributed by atoms with Gasteiger partial charge >= 0.3 is 0 Å². The van der Waals surface area contributed by atoms with Gasteiger partial charge in [-0.1, -0.05) is 23.8 Å². The van der Waals surface area contributed by atoms with E-state index in [1.54, 1.807) is 6.07 Å². The number of hydrogen-bond acceptors (Lipinski definition) is 4. The molecule has 0 aliphatic rings. The molecule has 0 bridgehead atoms. The van der Waals surface area contributed by atoms with Gasteiger partial charge in [-0.05, 0) is 38.8 Å². The summed E-state index contributed by atoms with van der Waals surface area (Å²) >= 11 is 0. The topological polar surface area (TPSA) is 59.7 Å². The molecule has 0 unspecified atom stereocenters. The molecule has 1 N–H and O–H groups in total. The average molecular weight is 324 g/mol. The molecule has 0 aliphatic heterocycles. The smallest absolute Gasteiger partial charge is 0.204 e. The van der Waals surface area contributed by atoms with Crippen LogP contribution in [-0.2, 0) is 6.42 Å². The summed E-state index contributed by atoms with van der Waals surface area (Å²) < 4.78 is 11.4. The van der Waals surface area contributed by atoms with Gasteiger partial charge in [0.1, 0.15) is 28.1 Å². The van der Waals surface area contributed by atoms with E-state index < -0.39 is 0 Å². The number of aryl methyl sites for hydroxylation is 1. The van der Waals surface area contributed by atoms with E-state index in [4.69, 9.17) is 9.15 Å². The average Bonchev–Trinajstić information content (AvgIpc) is 2.54. The van der Waals surface area contributed by atoms with Crippen molar-refractivity contribution in [2.45, 2.75) is 27.2 Å². The van der Waals surface area contributed by atoms with Crippen molar-refractivity contribution in [3.8, 4) is 11.5 Å². The number of fused-ring (bicyclic) bond motifs is 2. The van der Waals surface area contributed by atoms with Gasteiger partial charge in [0.25, 0.3) is 0 Å². The van der Waals surface area contributed by atoms with Gasteiger partial charge in [-0.2, -0.15) is 0 Å². The molecule has 2 aromatic carbocycles. The third-order valence-corrected chi connectivity index (χ3v) is 4.15. The fourth-order valence-corrected chi connectivity index (χ4v) is 2.86. The van der Waals surface area contributed by atoms with Crippen molar-refractivity contribution >= 4 is 21.9 Å². The molecule has 0 amide bonds. The van der Waals surface area contributed by atoms with Crippen molar-refractivity contribution < 1.29 is 14.3 Å². The highest BCUT2D eigenvalue weighted by atomic mass is 16.5. The van der Waals surface area contributed by atoms with Crippen LogP contribution in [0.5, 0.6) is 11.5 Å². The lowest BCUT2D eigenvalue weighted by atomic mass is 10.0. The van der Waals surface area contributed by atoms with E-state index in [-0.39, 0.29) is 11.2 Å². The van der Waals surface area contributed by atoms with Crippen LogP contribution in [0.1, 0.15) is 25.0 Å². The first-order valence-corrected chi connectivity index (χ1v) is 7.82. The lowest BCUT2D eigenvalue weighted by Crippen LogP contribution is -2.06. The maximum absolute atomic E-state index is 13.0. The second kappa shape index (κ2) is 6.04. The molecule has 1 aromatic heterocycles. The molecule has 0 fully saturated rings. The Morgan fingerprint density at radius 3 is 2.71 bits per heavy atom. The highest BCUT2D eigenvalue weighted by Gasteiger charge is 2.19. The van der Waals surface area contributed by atoms with E-state index in [0.29, 0.717) is 39.7 Å². The minimum atomic E-state index is -0.148. The van der Waals surface area contributed by atoms with Crippen molar-refractivity contribution in [1.82, 2.24) is 0 Å². The third kappa shape index (κ3) is 2.54. The molecule has 4 nitrogen and oxygen atoms in total. The molecular formula is C20H20O4. The second-order valence-corrected chi connectivity index (χ2v) is 6.15. The van der Waals surface area contributed by atoms with Gasteiger partial charge in [0, 0.05) is 11.6 Å². The van der Waals surface area contributed by atoms with Crippen molar-refractivity contribution in [2.75, 3.05) is 7.11 Å². The van der Waals surface area contributed by atoms with E-state index >= 15 is 0 Å². The standard InChI is InChI=1S/C20H20O4/c1-11(2)8-9-13-15(21)10-16(23-4)17-18(22)14-7-5-6-12(3)19(14)24-20(13)17/h5-8,10,21H,9H2,1-4H3. The van der Waals surface area contributed by atoms with Crippen molar-refractivity contribution in [2.24, 2.45) is 0 Å². The molecule has 4 heteroatoms. The Balaban J connectivity index is 2.51. The summed E-state index contributed by atoms with van der Waals surface area (Å²) in [7, 11) is 1.48. The van der Waals surface area contributed by atoms with Crippen LogP contribution in [0, 0.1) is 6.92 Å². The zero-order valence-corrected chi connectivity index (χ0v) is 14.3. The normalized spacial score (nSPS) is 11.0. The second-order valence-electron chi connectivity index (χ2n) is 6.15. The fourth-order valence-electron chi connectivity index (χ4n) is 2.86. The quantitative estimate of drug-likeness (QED) is 0.570. The zero-order chi connectivity index (χ0) is 17.4. The van der Waals surface area contributed by atoms with Crippen LogP contribution in [0.2, 0.25) is 0 Å². The lowest BCUT2D eigenvalue weighted by molar-refractivity contribution is 0.410. The molecule has 0 spiro atoms. The number of aromatic hydroxyl groups is 1. The van der Waals surface area contributed by atoms with E-state index in [0.717, 1.165) is 11.1 Å². The van der Waals surface area contributed by atoms with Crippen LogP contribution >= 0.6 is 0 Å². The van der Waals surface area contributed by atoms with Crippen LogP contribution in [0.4, 0.5) is 0 Å². The summed E-state index contributed by atoms with van der Waals surface area (Å²) in [6.07, 6.45) is 2.47. The van der Waals surface area contributed by atoms with Crippen molar-refractivity contribution in [1.29, 1.82) is 0 Å². The SMILES string of the molecule is COc1cc(O)c(CC=C(C)C)c2oc3c(C)cccc3c(=O)c12.